The molecule has 1 aliphatic heterocycles. The van der Waals surface area contributed by atoms with Crippen molar-refractivity contribution in [3.63, 3.8) is 0 Å². The molecular formula is C25H28F5N5O2S. The van der Waals surface area contributed by atoms with E-state index < -0.39 is 24.7 Å². The number of aryl methyl sites for hydroxylation is 1. The number of halogens is 5. The third-order valence-corrected chi connectivity index (χ3v) is 7.56. The highest BCUT2D eigenvalue weighted by Gasteiger charge is 2.44. The highest BCUT2D eigenvalue weighted by Crippen LogP contribution is 2.43. The van der Waals surface area contributed by atoms with Crippen LogP contribution in [0.25, 0.3) is 10.3 Å². The molecule has 2 atom stereocenters. The van der Waals surface area contributed by atoms with Gasteiger partial charge in [0.05, 0.1) is 22.9 Å². The topological polar surface area (TPSA) is 79.4 Å². The predicted molar refractivity (Wildman–Crippen MR) is 135 cm³/mol. The Balaban J connectivity index is 1.59. The van der Waals surface area contributed by atoms with Crippen molar-refractivity contribution in [2.45, 2.75) is 44.5 Å². The number of likely N-dealkylation sites (tertiary alicyclic amines) is 1. The van der Waals surface area contributed by atoms with Gasteiger partial charge in [-0.25, -0.2) is 18.7 Å². The molecule has 1 amide bonds. The maximum absolute atomic E-state index is 14.1. The molecule has 1 aliphatic rings. The zero-order valence-corrected chi connectivity index (χ0v) is 21.8. The van der Waals surface area contributed by atoms with Crippen LogP contribution >= 0.6 is 11.3 Å². The lowest BCUT2D eigenvalue weighted by atomic mass is 9.93. The van der Waals surface area contributed by atoms with E-state index in [9.17, 15) is 26.7 Å². The number of thiazole rings is 1. The fourth-order valence-electron chi connectivity index (χ4n) is 4.86. The minimum Gasteiger partial charge on any atom is -0.367 e. The average Bonchev–Trinajstić information content (AvgIpc) is 3.26. The van der Waals surface area contributed by atoms with Crippen LogP contribution in [0.2, 0.25) is 0 Å². The molecule has 1 aromatic carbocycles. The maximum Gasteiger partial charge on any atom is 0.419 e. The van der Waals surface area contributed by atoms with Crippen molar-refractivity contribution in [2.75, 3.05) is 32.6 Å². The van der Waals surface area contributed by atoms with Crippen molar-refractivity contribution in [3.8, 4) is 0 Å². The Labute approximate surface area is 220 Å². The van der Waals surface area contributed by atoms with Gasteiger partial charge in [-0.2, -0.15) is 13.2 Å². The monoisotopic (exact) mass is 557 g/mol. The van der Waals surface area contributed by atoms with Crippen LogP contribution in [-0.4, -0.2) is 60.6 Å². The van der Waals surface area contributed by atoms with Crippen LogP contribution in [0.3, 0.4) is 0 Å². The van der Waals surface area contributed by atoms with Crippen LogP contribution in [0.5, 0.6) is 0 Å². The number of methoxy groups -OCH3 is 1. The molecule has 2 aromatic heterocycles. The number of hydrogen-bond donors (Lipinski definition) is 2. The van der Waals surface area contributed by atoms with Crippen LogP contribution < -0.4 is 10.6 Å². The lowest BCUT2D eigenvalue weighted by Crippen LogP contribution is -2.43. The lowest BCUT2D eigenvalue weighted by molar-refractivity contribution is -0.215. The molecule has 0 bridgehead atoms. The number of nitrogens with zero attached hydrogens (tertiary/aromatic N) is 3. The summed E-state index contributed by atoms with van der Waals surface area (Å²) >= 11 is 1.17. The minimum absolute atomic E-state index is 0.0569. The van der Waals surface area contributed by atoms with E-state index >= 15 is 0 Å². The molecule has 3 heterocycles. The fourth-order valence-corrected chi connectivity index (χ4v) is 5.63. The Kier molecular flexibility index (Phi) is 8.48. The van der Waals surface area contributed by atoms with Gasteiger partial charge in [0.1, 0.15) is 10.3 Å². The van der Waals surface area contributed by atoms with Gasteiger partial charge < -0.3 is 15.4 Å². The fraction of sp³-hybridized carbons (Fsp3) is 0.480. The van der Waals surface area contributed by atoms with Crippen molar-refractivity contribution in [1.82, 2.24) is 20.2 Å². The first-order chi connectivity index (χ1) is 18.0. The van der Waals surface area contributed by atoms with Crippen molar-refractivity contribution in [2.24, 2.45) is 5.92 Å². The van der Waals surface area contributed by atoms with Gasteiger partial charge >= 0.3 is 6.18 Å². The first-order valence-electron chi connectivity index (χ1n) is 12.0. The second-order valence-electron chi connectivity index (χ2n) is 9.08. The first-order valence-corrected chi connectivity index (χ1v) is 12.8. The number of nitrogens with one attached hydrogen (secondary N) is 2. The van der Waals surface area contributed by atoms with Crippen LogP contribution in [0.4, 0.5) is 33.3 Å². The standard InChI is InChI=1S/C25H28F5N5O2S/c1-13-33-19-18(21(37-3)25(28,29)30)17(12-32-24(19)38-13)34-16-6-4-14(5-7-16)20(22(26)27)35-10-8-15(9-11-35)23(36)31-2/h4-7,12,15,20-22,34H,8-11H2,1-3H3,(H,31,36)/t20-,21+/m0/s1. The van der Waals surface area contributed by atoms with E-state index in [-0.39, 0.29) is 28.6 Å². The molecule has 7 nitrogen and oxygen atoms in total. The number of alkyl halides is 5. The molecule has 3 aromatic rings. The Hall–Kier alpha value is -2.90. The van der Waals surface area contributed by atoms with E-state index in [1.54, 1.807) is 18.9 Å². The number of hydrogen-bond acceptors (Lipinski definition) is 7. The average molecular weight is 558 g/mol. The predicted octanol–water partition coefficient (Wildman–Crippen LogP) is 5.76. The number of aromatic nitrogens is 2. The SMILES string of the molecule is CNC(=O)C1CCN([C@@H](c2ccc(Nc3cnc4sc(C)nc4c3[C@@H](OC)C(F)(F)F)cc2)C(F)F)CC1. The summed E-state index contributed by atoms with van der Waals surface area (Å²) in [4.78, 5) is 22.4. The summed E-state index contributed by atoms with van der Waals surface area (Å²) in [7, 11) is 2.53. The van der Waals surface area contributed by atoms with Gasteiger partial charge in [0, 0.05) is 31.3 Å². The number of benzene rings is 1. The second-order valence-corrected chi connectivity index (χ2v) is 10.3. The van der Waals surface area contributed by atoms with Crippen molar-refractivity contribution in [3.05, 3.63) is 46.6 Å². The Morgan fingerprint density at radius 3 is 2.39 bits per heavy atom. The molecule has 13 heteroatoms. The first kappa shape index (κ1) is 28.1. The normalized spacial score (nSPS) is 17.1. The number of amides is 1. The number of piperidine rings is 1. The molecule has 0 unspecified atom stereocenters. The van der Waals surface area contributed by atoms with Crippen molar-refractivity contribution in [1.29, 1.82) is 0 Å². The number of rotatable bonds is 8. The zero-order chi connectivity index (χ0) is 27.6. The quantitative estimate of drug-likeness (QED) is 0.343. The molecule has 1 saturated heterocycles. The van der Waals surface area contributed by atoms with E-state index in [0.717, 1.165) is 7.11 Å². The van der Waals surface area contributed by atoms with E-state index in [1.165, 1.54) is 41.8 Å². The summed E-state index contributed by atoms with van der Waals surface area (Å²) in [6.45, 7) is 2.38. The summed E-state index contributed by atoms with van der Waals surface area (Å²) in [5.74, 6) is -0.287. The summed E-state index contributed by atoms with van der Waals surface area (Å²) in [6.07, 6.45) is -7.34. The number of anilines is 2. The number of pyridine rings is 1. The summed E-state index contributed by atoms with van der Waals surface area (Å²) in [5, 5.41) is 6.10. The molecule has 0 aliphatic carbocycles. The summed E-state index contributed by atoms with van der Waals surface area (Å²) in [6, 6.07) is 4.97. The number of carbonyl (C=O) groups is 1. The highest BCUT2D eigenvalue weighted by atomic mass is 32.1. The number of fused-ring (bicyclic) bond motifs is 1. The van der Waals surface area contributed by atoms with Crippen molar-refractivity contribution < 1.29 is 31.5 Å². The van der Waals surface area contributed by atoms with Crippen LogP contribution in [0.1, 0.15) is 41.1 Å². The summed E-state index contributed by atoms with van der Waals surface area (Å²) < 4.78 is 74.6. The molecule has 0 radical (unpaired) electrons. The molecule has 0 saturated carbocycles. The molecule has 1 fully saturated rings. The summed E-state index contributed by atoms with van der Waals surface area (Å²) in [5.41, 5.74) is 0.727. The molecule has 0 spiro atoms. The zero-order valence-electron chi connectivity index (χ0n) is 21.0. The van der Waals surface area contributed by atoms with Gasteiger partial charge in [0.15, 0.2) is 6.10 Å². The second kappa shape index (κ2) is 11.5. The number of ether oxygens (including phenoxy) is 1. The van der Waals surface area contributed by atoms with Crippen LogP contribution in [0, 0.1) is 12.8 Å². The molecular weight excluding hydrogens is 529 g/mol. The minimum atomic E-state index is -4.70. The Morgan fingerprint density at radius 1 is 1.18 bits per heavy atom. The van der Waals surface area contributed by atoms with Gasteiger partial charge in [-0.1, -0.05) is 23.5 Å². The van der Waals surface area contributed by atoms with Gasteiger partial charge in [0.25, 0.3) is 6.43 Å². The van der Waals surface area contributed by atoms with Crippen LogP contribution in [-0.2, 0) is 9.53 Å². The van der Waals surface area contributed by atoms with Crippen LogP contribution in [0.15, 0.2) is 30.5 Å². The third kappa shape index (κ3) is 5.89. The molecule has 4 rings (SSSR count). The molecule has 2 N–H and O–H groups in total. The maximum atomic E-state index is 14.1. The van der Waals surface area contributed by atoms with E-state index in [0.29, 0.717) is 47.0 Å². The van der Waals surface area contributed by atoms with E-state index in [1.807, 2.05) is 0 Å². The van der Waals surface area contributed by atoms with E-state index in [4.69, 9.17) is 4.74 Å². The Morgan fingerprint density at radius 2 is 1.84 bits per heavy atom. The highest BCUT2D eigenvalue weighted by molar-refractivity contribution is 7.18. The van der Waals surface area contributed by atoms with Gasteiger partial charge in [-0.15, -0.1) is 0 Å². The van der Waals surface area contributed by atoms with Crippen molar-refractivity contribution >= 4 is 39.0 Å². The molecule has 206 valence electrons. The van der Waals surface area contributed by atoms with Gasteiger partial charge in [0.2, 0.25) is 5.91 Å². The Bertz CT molecular complexity index is 1260. The van der Waals surface area contributed by atoms with Gasteiger partial charge in [-0.05, 0) is 50.6 Å². The van der Waals surface area contributed by atoms with E-state index in [2.05, 4.69) is 20.6 Å². The third-order valence-electron chi connectivity index (χ3n) is 6.68. The largest absolute Gasteiger partial charge is 0.419 e. The number of carbonyl (C=O) groups excluding carboxylic acids is 1. The smallest absolute Gasteiger partial charge is 0.367 e. The van der Waals surface area contributed by atoms with Gasteiger partial charge in [-0.3, -0.25) is 9.69 Å². The molecule has 38 heavy (non-hydrogen) atoms. The lowest BCUT2D eigenvalue weighted by Gasteiger charge is -2.36.